The minimum atomic E-state index is -0.606. The summed E-state index contributed by atoms with van der Waals surface area (Å²) in [5.41, 5.74) is 0.906. The number of carbonyl (C=O) groups excluding carboxylic acids is 2. The Morgan fingerprint density at radius 2 is 1.81 bits per heavy atom. The molecule has 7 heteroatoms. The van der Waals surface area contributed by atoms with Gasteiger partial charge in [0.1, 0.15) is 11.7 Å². The maximum absolute atomic E-state index is 13.0. The molecule has 2 heterocycles. The summed E-state index contributed by atoms with van der Waals surface area (Å²) in [6, 6.07) is 15.0. The van der Waals surface area contributed by atoms with Gasteiger partial charge in [0, 0.05) is 11.2 Å². The molecule has 1 amide bonds. The molecule has 0 aliphatic heterocycles. The lowest BCUT2D eigenvalue weighted by molar-refractivity contribution is -0.151. The molecule has 3 aromatic rings. The highest BCUT2D eigenvalue weighted by Crippen LogP contribution is 2.23. The van der Waals surface area contributed by atoms with Gasteiger partial charge >= 0.3 is 5.97 Å². The summed E-state index contributed by atoms with van der Waals surface area (Å²) in [6.45, 7) is 0. The normalized spacial score (nSPS) is 15.3. The van der Waals surface area contributed by atoms with E-state index in [2.05, 4.69) is 5.32 Å². The molecule has 32 heavy (non-hydrogen) atoms. The maximum Gasteiger partial charge on any atom is 0.308 e. The Balaban J connectivity index is 1.54. The number of rotatable bonds is 6. The summed E-state index contributed by atoms with van der Waals surface area (Å²) in [6.07, 6.45) is 6.54. The van der Waals surface area contributed by atoms with Crippen LogP contribution in [0, 0.1) is 0 Å². The average molecular weight is 453 g/mol. The van der Waals surface area contributed by atoms with Gasteiger partial charge in [-0.1, -0.05) is 48.4 Å². The number of pyridine rings is 2. The van der Waals surface area contributed by atoms with E-state index in [1.807, 2.05) is 30.3 Å². The summed E-state index contributed by atoms with van der Waals surface area (Å²) < 4.78 is 7.03. The van der Waals surface area contributed by atoms with Gasteiger partial charge in [0.05, 0.1) is 18.0 Å². The number of esters is 1. The van der Waals surface area contributed by atoms with Gasteiger partial charge in [-0.25, -0.2) is 0 Å². The van der Waals surface area contributed by atoms with Crippen molar-refractivity contribution >= 4 is 29.0 Å². The van der Waals surface area contributed by atoms with Crippen molar-refractivity contribution < 1.29 is 14.3 Å². The minimum absolute atomic E-state index is 0.00320. The fourth-order valence-corrected chi connectivity index (χ4v) is 4.27. The van der Waals surface area contributed by atoms with Gasteiger partial charge in [-0.3, -0.25) is 18.8 Å². The first-order chi connectivity index (χ1) is 15.5. The van der Waals surface area contributed by atoms with Crippen molar-refractivity contribution in [2.45, 2.75) is 50.7 Å². The molecule has 1 fully saturated rings. The van der Waals surface area contributed by atoms with Crippen molar-refractivity contribution in [3.05, 3.63) is 87.3 Å². The summed E-state index contributed by atoms with van der Waals surface area (Å²) in [4.78, 5) is 38.5. The summed E-state index contributed by atoms with van der Waals surface area (Å²) in [5.74, 6) is -0.894. The van der Waals surface area contributed by atoms with Crippen molar-refractivity contribution in [3.8, 4) is 0 Å². The molecule has 1 N–H and O–H groups in total. The largest absolute Gasteiger partial charge is 0.462 e. The third-order valence-electron chi connectivity index (χ3n) is 5.79. The third-order valence-corrected chi connectivity index (χ3v) is 6.02. The molecule has 1 aromatic carbocycles. The van der Waals surface area contributed by atoms with E-state index in [4.69, 9.17) is 16.3 Å². The van der Waals surface area contributed by atoms with Crippen molar-refractivity contribution in [3.63, 3.8) is 0 Å². The Morgan fingerprint density at radius 3 is 2.56 bits per heavy atom. The van der Waals surface area contributed by atoms with Crippen LogP contribution < -0.4 is 10.9 Å². The predicted molar refractivity (Wildman–Crippen MR) is 123 cm³/mol. The second-order valence-electron chi connectivity index (χ2n) is 8.08. The van der Waals surface area contributed by atoms with Crippen molar-refractivity contribution in [2.24, 2.45) is 0 Å². The van der Waals surface area contributed by atoms with Gasteiger partial charge in [-0.2, -0.15) is 0 Å². The summed E-state index contributed by atoms with van der Waals surface area (Å²) in [5, 5.41) is 3.36. The zero-order valence-corrected chi connectivity index (χ0v) is 18.4. The van der Waals surface area contributed by atoms with E-state index in [-0.39, 0.29) is 24.1 Å². The highest BCUT2D eigenvalue weighted by molar-refractivity contribution is 6.30. The highest BCUT2D eigenvalue weighted by Gasteiger charge is 2.24. The molecule has 2 aromatic heterocycles. The number of nitrogens with one attached hydrogen (secondary N) is 1. The number of hydrogen-bond donors (Lipinski definition) is 1. The third kappa shape index (κ3) is 5.19. The Kier molecular flexibility index (Phi) is 6.90. The Hall–Kier alpha value is -3.12. The van der Waals surface area contributed by atoms with Gasteiger partial charge in [-0.15, -0.1) is 0 Å². The van der Waals surface area contributed by atoms with Gasteiger partial charge in [0.25, 0.3) is 11.5 Å². The smallest absolute Gasteiger partial charge is 0.308 e. The predicted octanol–water partition coefficient (Wildman–Crippen LogP) is 4.69. The van der Waals surface area contributed by atoms with E-state index < -0.39 is 17.5 Å². The van der Waals surface area contributed by atoms with Crippen LogP contribution in [0.1, 0.15) is 60.5 Å². The Labute approximate surface area is 191 Å². The van der Waals surface area contributed by atoms with Crippen molar-refractivity contribution in [1.29, 1.82) is 0 Å². The molecule has 0 radical (unpaired) electrons. The van der Waals surface area contributed by atoms with Crippen LogP contribution >= 0.6 is 11.6 Å². The molecule has 1 aliphatic rings. The number of benzene rings is 1. The number of nitrogens with zero attached hydrogens (tertiary/aromatic N) is 1. The van der Waals surface area contributed by atoms with Crippen LogP contribution in [0.4, 0.5) is 0 Å². The topological polar surface area (TPSA) is 76.9 Å². The van der Waals surface area contributed by atoms with E-state index in [9.17, 15) is 14.4 Å². The van der Waals surface area contributed by atoms with E-state index in [0.29, 0.717) is 10.5 Å². The van der Waals surface area contributed by atoms with E-state index in [1.54, 1.807) is 18.2 Å². The fourth-order valence-electron chi connectivity index (χ4n) is 4.10. The standard InChI is InChI=1S/C25H25ClN2O4/c26-18-13-14-28-19(15-18)11-12-21(25(28)31)24(30)27-22(17-7-3-1-4-8-17)16-23(29)32-20-9-5-2-6-10-20/h1,3-4,7-8,11-15,20,22H,2,5-6,9-10,16H2,(H,27,30). The lowest BCUT2D eigenvalue weighted by Crippen LogP contribution is -2.35. The molecule has 1 aliphatic carbocycles. The second kappa shape index (κ2) is 10.0. The van der Waals surface area contributed by atoms with Crippen molar-refractivity contribution in [1.82, 2.24) is 9.72 Å². The molecule has 166 valence electrons. The molecule has 1 saturated carbocycles. The minimum Gasteiger partial charge on any atom is -0.462 e. The van der Waals surface area contributed by atoms with E-state index in [1.165, 1.54) is 23.1 Å². The lowest BCUT2D eigenvalue weighted by Gasteiger charge is -2.24. The van der Waals surface area contributed by atoms with Gasteiger partial charge < -0.3 is 10.1 Å². The first kappa shape index (κ1) is 22.1. The number of carbonyl (C=O) groups is 2. The Bertz CT molecular complexity index is 1170. The zero-order valence-electron chi connectivity index (χ0n) is 17.6. The molecular formula is C25H25ClN2O4. The maximum atomic E-state index is 13.0. The lowest BCUT2D eigenvalue weighted by atomic mass is 9.97. The molecule has 6 nitrogen and oxygen atoms in total. The second-order valence-corrected chi connectivity index (χ2v) is 8.52. The van der Waals surface area contributed by atoms with Gasteiger partial charge in [0.2, 0.25) is 0 Å². The van der Waals surface area contributed by atoms with Crippen LogP contribution in [0.5, 0.6) is 0 Å². The quantitative estimate of drug-likeness (QED) is 0.550. The number of fused-ring (bicyclic) bond motifs is 1. The molecular weight excluding hydrogens is 428 g/mol. The van der Waals surface area contributed by atoms with Gasteiger partial charge in [0.15, 0.2) is 0 Å². The molecule has 1 atom stereocenters. The molecule has 4 rings (SSSR count). The first-order valence-corrected chi connectivity index (χ1v) is 11.3. The molecule has 0 spiro atoms. The van der Waals surface area contributed by atoms with Crippen LogP contribution in [0.3, 0.4) is 0 Å². The first-order valence-electron chi connectivity index (χ1n) is 10.9. The van der Waals surface area contributed by atoms with Crippen LogP contribution in [0.25, 0.3) is 5.52 Å². The van der Waals surface area contributed by atoms with Crippen LogP contribution in [-0.4, -0.2) is 22.4 Å². The van der Waals surface area contributed by atoms with E-state index >= 15 is 0 Å². The van der Waals surface area contributed by atoms with Crippen molar-refractivity contribution in [2.75, 3.05) is 0 Å². The summed E-state index contributed by atoms with van der Waals surface area (Å²) >= 11 is 5.99. The number of ether oxygens (including phenoxy) is 1. The van der Waals surface area contributed by atoms with Crippen LogP contribution in [0.2, 0.25) is 5.02 Å². The molecule has 1 unspecified atom stereocenters. The monoisotopic (exact) mass is 452 g/mol. The average Bonchev–Trinajstić information content (AvgIpc) is 2.80. The SMILES string of the molecule is O=C(CC(NC(=O)c1ccc2cc(Cl)ccn2c1=O)c1ccccc1)OC1CCCCC1. The van der Waals surface area contributed by atoms with Crippen LogP contribution in [0.15, 0.2) is 65.6 Å². The number of hydrogen-bond acceptors (Lipinski definition) is 4. The number of aromatic nitrogens is 1. The number of amides is 1. The molecule has 0 bridgehead atoms. The van der Waals surface area contributed by atoms with Gasteiger partial charge in [-0.05, 0) is 55.5 Å². The molecule has 0 saturated heterocycles. The highest BCUT2D eigenvalue weighted by atomic mass is 35.5. The zero-order chi connectivity index (χ0) is 22.5. The van der Waals surface area contributed by atoms with E-state index in [0.717, 1.165) is 31.2 Å². The number of halogens is 1. The fraction of sp³-hybridized carbons (Fsp3) is 0.320. The summed E-state index contributed by atoms with van der Waals surface area (Å²) in [7, 11) is 0. The van der Waals surface area contributed by atoms with Crippen LogP contribution in [-0.2, 0) is 9.53 Å². The Morgan fingerprint density at radius 1 is 1.06 bits per heavy atom.